The van der Waals surface area contributed by atoms with Crippen molar-refractivity contribution in [3.05, 3.63) is 22.5 Å². The third kappa shape index (κ3) is 2.73. The van der Waals surface area contributed by atoms with Gasteiger partial charge in [0.2, 0.25) is 0 Å². The third-order valence-corrected chi connectivity index (χ3v) is 6.54. The topological polar surface area (TPSA) is 25.8 Å². The quantitative estimate of drug-likeness (QED) is 0.789. The molecule has 0 aromatic carbocycles. The van der Waals surface area contributed by atoms with E-state index in [9.17, 15) is 0 Å². The standard InChI is InChI=1S/C18H24N2S/c1-2-6-13(7-3-1)10-11-15-17-14-8-4-5-9-16(14)21-18(17)20-12-19-15/h12-13H,1-11H2. The van der Waals surface area contributed by atoms with Crippen LogP contribution in [0.4, 0.5) is 0 Å². The summed E-state index contributed by atoms with van der Waals surface area (Å²) in [6, 6.07) is 0. The van der Waals surface area contributed by atoms with Gasteiger partial charge in [0.1, 0.15) is 11.2 Å². The monoisotopic (exact) mass is 300 g/mol. The zero-order chi connectivity index (χ0) is 14.1. The lowest BCUT2D eigenvalue weighted by molar-refractivity contribution is 0.338. The van der Waals surface area contributed by atoms with Gasteiger partial charge in [0, 0.05) is 10.3 Å². The van der Waals surface area contributed by atoms with Crippen LogP contribution >= 0.6 is 11.3 Å². The fourth-order valence-corrected chi connectivity index (χ4v) is 5.41. The molecule has 2 aliphatic rings. The van der Waals surface area contributed by atoms with Crippen LogP contribution in [0.15, 0.2) is 6.33 Å². The van der Waals surface area contributed by atoms with Gasteiger partial charge in [0.05, 0.1) is 5.69 Å². The molecule has 21 heavy (non-hydrogen) atoms. The van der Waals surface area contributed by atoms with Crippen LogP contribution in [0.3, 0.4) is 0 Å². The highest BCUT2D eigenvalue weighted by Gasteiger charge is 2.20. The van der Waals surface area contributed by atoms with E-state index in [1.165, 1.54) is 80.1 Å². The van der Waals surface area contributed by atoms with Gasteiger partial charge in [-0.3, -0.25) is 0 Å². The smallest absolute Gasteiger partial charge is 0.127 e. The molecule has 2 aromatic rings. The summed E-state index contributed by atoms with van der Waals surface area (Å²) in [6.07, 6.45) is 16.7. The molecule has 2 aromatic heterocycles. The Morgan fingerprint density at radius 3 is 2.76 bits per heavy atom. The van der Waals surface area contributed by atoms with E-state index in [2.05, 4.69) is 9.97 Å². The molecule has 0 atom stereocenters. The van der Waals surface area contributed by atoms with Crippen molar-refractivity contribution in [2.45, 2.75) is 70.6 Å². The molecule has 0 spiro atoms. The minimum Gasteiger partial charge on any atom is -0.241 e. The number of aryl methyl sites for hydroxylation is 3. The minimum absolute atomic E-state index is 0.943. The van der Waals surface area contributed by atoms with Crippen molar-refractivity contribution in [3.63, 3.8) is 0 Å². The van der Waals surface area contributed by atoms with Crippen molar-refractivity contribution in [2.24, 2.45) is 5.92 Å². The van der Waals surface area contributed by atoms with E-state index < -0.39 is 0 Å². The van der Waals surface area contributed by atoms with Gasteiger partial charge in [-0.25, -0.2) is 9.97 Å². The van der Waals surface area contributed by atoms with Gasteiger partial charge in [-0.15, -0.1) is 11.3 Å². The second-order valence-electron chi connectivity index (χ2n) is 6.75. The summed E-state index contributed by atoms with van der Waals surface area (Å²) < 4.78 is 0. The van der Waals surface area contributed by atoms with E-state index in [1.807, 2.05) is 11.3 Å². The van der Waals surface area contributed by atoms with Crippen LogP contribution in [-0.4, -0.2) is 9.97 Å². The average molecular weight is 300 g/mol. The Labute approximate surface area is 131 Å². The highest BCUT2D eigenvalue weighted by molar-refractivity contribution is 7.18. The molecule has 0 unspecified atom stereocenters. The molecular weight excluding hydrogens is 276 g/mol. The maximum atomic E-state index is 4.67. The maximum absolute atomic E-state index is 4.67. The van der Waals surface area contributed by atoms with Crippen LogP contribution in [-0.2, 0) is 19.3 Å². The van der Waals surface area contributed by atoms with Crippen LogP contribution in [0.1, 0.15) is 67.5 Å². The Bertz CT molecular complexity index is 625. The van der Waals surface area contributed by atoms with E-state index in [4.69, 9.17) is 0 Å². The van der Waals surface area contributed by atoms with Gasteiger partial charge in [0.15, 0.2) is 0 Å². The molecule has 0 N–H and O–H groups in total. The highest BCUT2D eigenvalue weighted by atomic mass is 32.1. The predicted molar refractivity (Wildman–Crippen MR) is 89.0 cm³/mol. The van der Waals surface area contributed by atoms with E-state index in [1.54, 1.807) is 16.8 Å². The zero-order valence-corrected chi connectivity index (χ0v) is 13.6. The van der Waals surface area contributed by atoms with Crippen molar-refractivity contribution in [2.75, 3.05) is 0 Å². The molecule has 0 radical (unpaired) electrons. The van der Waals surface area contributed by atoms with Crippen molar-refractivity contribution >= 4 is 21.6 Å². The van der Waals surface area contributed by atoms with Crippen LogP contribution < -0.4 is 0 Å². The Morgan fingerprint density at radius 1 is 1.00 bits per heavy atom. The Morgan fingerprint density at radius 2 is 1.86 bits per heavy atom. The number of fused-ring (bicyclic) bond motifs is 3. The lowest BCUT2D eigenvalue weighted by atomic mass is 9.85. The number of thiophene rings is 1. The fourth-order valence-electron chi connectivity index (χ4n) is 4.16. The molecule has 0 amide bonds. The second-order valence-corrected chi connectivity index (χ2v) is 7.84. The van der Waals surface area contributed by atoms with Gasteiger partial charge in [-0.1, -0.05) is 32.1 Å². The van der Waals surface area contributed by atoms with E-state index in [0.29, 0.717) is 0 Å². The van der Waals surface area contributed by atoms with Gasteiger partial charge in [-0.05, 0) is 50.0 Å². The molecular formula is C18H24N2S. The molecule has 1 fully saturated rings. The molecule has 0 saturated heterocycles. The van der Waals surface area contributed by atoms with E-state index >= 15 is 0 Å². The van der Waals surface area contributed by atoms with Crippen molar-refractivity contribution in [1.82, 2.24) is 9.97 Å². The number of hydrogen-bond donors (Lipinski definition) is 0. The molecule has 3 heteroatoms. The van der Waals surface area contributed by atoms with Crippen LogP contribution in [0.25, 0.3) is 10.2 Å². The number of rotatable bonds is 3. The summed E-state index contributed by atoms with van der Waals surface area (Å²) in [4.78, 5) is 12.1. The average Bonchev–Trinajstić information content (AvgIpc) is 2.93. The first kappa shape index (κ1) is 13.7. The number of aromatic nitrogens is 2. The Hall–Kier alpha value is -0.960. The minimum atomic E-state index is 0.943. The van der Waals surface area contributed by atoms with E-state index in [-0.39, 0.29) is 0 Å². The summed E-state index contributed by atoms with van der Waals surface area (Å²) in [5.41, 5.74) is 2.94. The predicted octanol–water partition coefficient (Wildman–Crippen LogP) is 5.08. The molecule has 2 heterocycles. The summed E-state index contributed by atoms with van der Waals surface area (Å²) in [6.45, 7) is 0. The molecule has 2 aliphatic carbocycles. The summed E-state index contributed by atoms with van der Waals surface area (Å²) in [5, 5.41) is 1.44. The largest absolute Gasteiger partial charge is 0.241 e. The second kappa shape index (κ2) is 6.04. The lowest BCUT2D eigenvalue weighted by Gasteiger charge is -2.21. The Kier molecular flexibility index (Phi) is 3.93. The summed E-state index contributed by atoms with van der Waals surface area (Å²) in [5.74, 6) is 0.943. The third-order valence-electron chi connectivity index (χ3n) is 5.34. The highest BCUT2D eigenvalue weighted by Crippen LogP contribution is 2.37. The van der Waals surface area contributed by atoms with E-state index in [0.717, 1.165) is 12.3 Å². The van der Waals surface area contributed by atoms with Crippen molar-refractivity contribution in [3.8, 4) is 0 Å². The number of hydrogen-bond acceptors (Lipinski definition) is 3. The van der Waals surface area contributed by atoms with Crippen LogP contribution in [0, 0.1) is 5.92 Å². The summed E-state index contributed by atoms with van der Waals surface area (Å²) in [7, 11) is 0. The summed E-state index contributed by atoms with van der Waals surface area (Å²) >= 11 is 1.92. The molecule has 112 valence electrons. The molecule has 0 aliphatic heterocycles. The van der Waals surface area contributed by atoms with Crippen LogP contribution in [0.5, 0.6) is 0 Å². The molecule has 0 bridgehead atoms. The maximum Gasteiger partial charge on any atom is 0.127 e. The Balaban J connectivity index is 1.60. The lowest BCUT2D eigenvalue weighted by Crippen LogP contribution is -2.08. The van der Waals surface area contributed by atoms with Crippen molar-refractivity contribution < 1.29 is 0 Å². The zero-order valence-electron chi connectivity index (χ0n) is 12.7. The first-order chi connectivity index (χ1) is 10.4. The van der Waals surface area contributed by atoms with Crippen LogP contribution in [0.2, 0.25) is 0 Å². The SMILES string of the molecule is c1nc(CCC2CCCCC2)c2c3c(sc2n1)CCCC3. The van der Waals surface area contributed by atoms with Crippen molar-refractivity contribution in [1.29, 1.82) is 0 Å². The first-order valence-corrected chi connectivity index (χ1v) is 9.47. The molecule has 2 nitrogen and oxygen atoms in total. The van der Waals surface area contributed by atoms with Gasteiger partial charge >= 0.3 is 0 Å². The van der Waals surface area contributed by atoms with Gasteiger partial charge in [-0.2, -0.15) is 0 Å². The molecule has 1 saturated carbocycles. The first-order valence-electron chi connectivity index (χ1n) is 8.66. The number of nitrogens with zero attached hydrogens (tertiary/aromatic N) is 2. The van der Waals surface area contributed by atoms with Gasteiger partial charge in [0.25, 0.3) is 0 Å². The van der Waals surface area contributed by atoms with Gasteiger partial charge < -0.3 is 0 Å². The fraction of sp³-hybridized carbons (Fsp3) is 0.667. The normalized spacial score (nSPS) is 19.8. The molecule has 4 rings (SSSR count).